The molecule has 4 aliphatic rings. The number of phenols is 1. The van der Waals surface area contributed by atoms with E-state index in [1.807, 2.05) is 0 Å². The van der Waals surface area contributed by atoms with Crippen LogP contribution in [0.1, 0.15) is 24.3 Å². The molecule has 1 saturated carbocycles. The Balaban J connectivity index is 1.56. The molecule has 2 heterocycles. The summed E-state index contributed by atoms with van der Waals surface area (Å²) in [5, 5.41) is 11.1. The van der Waals surface area contributed by atoms with Gasteiger partial charge in [-0.25, -0.2) is 14.1 Å². The zero-order chi connectivity index (χ0) is 30.3. The van der Waals surface area contributed by atoms with E-state index in [4.69, 9.17) is 27.9 Å². The van der Waals surface area contributed by atoms with E-state index in [2.05, 4.69) is 4.74 Å². The van der Waals surface area contributed by atoms with Gasteiger partial charge in [0.25, 0.3) is 11.8 Å². The van der Waals surface area contributed by atoms with Crippen LogP contribution in [0.3, 0.4) is 0 Å². The number of methoxy groups -OCH3 is 2. The maximum Gasteiger partial charge on any atom is 0.423 e. The van der Waals surface area contributed by atoms with Crippen LogP contribution >= 0.6 is 23.2 Å². The molecule has 0 unspecified atom stereocenters. The van der Waals surface area contributed by atoms with Crippen molar-refractivity contribution in [2.24, 2.45) is 17.8 Å². The number of aromatic hydroxyl groups is 1. The van der Waals surface area contributed by atoms with Gasteiger partial charge in [-0.2, -0.15) is 4.90 Å². The fourth-order valence-corrected chi connectivity index (χ4v) is 7.84. The molecule has 0 bridgehead atoms. The highest BCUT2D eigenvalue weighted by atomic mass is 35.5. The van der Waals surface area contributed by atoms with Crippen LogP contribution in [0.25, 0.3) is 0 Å². The number of imide groups is 4. The number of likely N-dealkylation sites (tertiary alicyclic amines) is 1. The van der Waals surface area contributed by atoms with Gasteiger partial charge in [-0.1, -0.05) is 17.7 Å². The van der Waals surface area contributed by atoms with E-state index in [0.29, 0.717) is 16.2 Å². The summed E-state index contributed by atoms with van der Waals surface area (Å²) in [4.78, 5) is 64.3. The maximum absolute atomic E-state index is 14.3. The van der Waals surface area contributed by atoms with Gasteiger partial charge < -0.3 is 14.6 Å². The highest BCUT2D eigenvalue weighted by Gasteiger charge is 2.77. The fourth-order valence-electron chi connectivity index (χ4n) is 6.91. The third kappa shape index (κ3) is 3.53. The highest BCUT2D eigenvalue weighted by molar-refractivity contribution is 6.58. The number of phenolic OH excluding ortho intramolecular Hbond substituents is 1. The van der Waals surface area contributed by atoms with Gasteiger partial charge in [0.05, 0.1) is 31.7 Å². The van der Waals surface area contributed by atoms with Crippen molar-refractivity contribution in [1.82, 2.24) is 4.90 Å². The molecule has 0 aromatic heterocycles. The second kappa shape index (κ2) is 9.53. The number of hydrogen-bond donors (Lipinski definition) is 1. The van der Waals surface area contributed by atoms with Crippen LogP contribution in [-0.2, 0) is 23.9 Å². The van der Waals surface area contributed by atoms with Crippen LogP contribution in [0.4, 0.5) is 14.9 Å². The number of anilines is 1. The first-order valence-corrected chi connectivity index (χ1v) is 13.7. The Hall–Kier alpha value is -3.96. The number of carbonyl (C=O) groups excluding carboxylic acids is 5. The molecule has 5 amide bonds. The third-order valence-corrected chi connectivity index (χ3v) is 10.2. The van der Waals surface area contributed by atoms with Crippen molar-refractivity contribution in [2.75, 3.05) is 19.1 Å². The molecular weight excluding hydrogens is 594 g/mol. The second-order valence-corrected chi connectivity index (χ2v) is 11.9. The Morgan fingerprint density at radius 2 is 1.69 bits per heavy atom. The van der Waals surface area contributed by atoms with Gasteiger partial charge in [0.1, 0.15) is 17.3 Å². The van der Waals surface area contributed by atoms with E-state index >= 15 is 0 Å². The Labute approximate surface area is 248 Å². The van der Waals surface area contributed by atoms with Crippen LogP contribution in [-0.4, -0.2) is 63.7 Å². The lowest BCUT2D eigenvalue weighted by molar-refractivity contribution is -0.138. The number of amides is 5. The summed E-state index contributed by atoms with van der Waals surface area (Å²) in [7, 11) is 2.44. The maximum atomic E-state index is 14.3. The highest BCUT2D eigenvalue weighted by Crippen LogP contribution is 2.66. The minimum absolute atomic E-state index is 0.0219. The van der Waals surface area contributed by atoms with E-state index in [1.54, 1.807) is 6.08 Å². The van der Waals surface area contributed by atoms with Crippen LogP contribution in [0.5, 0.6) is 11.5 Å². The average molecular weight is 617 g/mol. The molecule has 3 fully saturated rings. The number of fused-ring (bicyclic) bond motifs is 4. The van der Waals surface area contributed by atoms with Gasteiger partial charge in [-0.3, -0.25) is 19.2 Å². The predicted molar refractivity (Wildman–Crippen MR) is 146 cm³/mol. The normalized spacial score (nSPS) is 31.9. The fraction of sp³-hybridized carbons (Fsp3) is 0.345. The molecule has 1 N–H and O–H groups in total. The van der Waals surface area contributed by atoms with Crippen LogP contribution in [0.15, 0.2) is 54.1 Å². The number of benzene rings is 2. The molecule has 2 aliphatic carbocycles. The molecule has 0 radical (unpaired) electrons. The topological polar surface area (TPSA) is 131 Å². The van der Waals surface area contributed by atoms with Crippen molar-refractivity contribution in [3.05, 3.63) is 65.5 Å². The zero-order valence-corrected chi connectivity index (χ0v) is 23.7. The number of ether oxygens (including phenoxy) is 2. The first kappa shape index (κ1) is 28.2. The molecule has 6 atom stereocenters. The van der Waals surface area contributed by atoms with Crippen LogP contribution in [0, 0.1) is 23.6 Å². The van der Waals surface area contributed by atoms with Crippen molar-refractivity contribution < 1.29 is 42.9 Å². The molecule has 13 heteroatoms. The molecule has 2 saturated heterocycles. The van der Waals surface area contributed by atoms with Gasteiger partial charge in [-0.05, 0) is 49.1 Å². The Morgan fingerprint density at radius 1 is 1.00 bits per heavy atom. The Morgan fingerprint density at radius 3 is 2.31 bits per heavy atom. The lowest BCUT2D eigenvalue weighted by Gasteiger charge is -2.50. The molecule has 0 spiro atoms. The zero-order valence-electron chi connectivity index (χ0n) is 22.2. The Bertz CT molecular complexity index is 1610. The standard InChI is InChI=1S/C29H23Cl2FN2O8/c1-41-15-7-8-17(20(35)11-15)22-16-9-10-18-21(24(37)34(23(18)36)27(40)42-2)19(16)12-28(30)25(38)33(26(39)29(22,28)31)14-5-3-13(32)4-6-14/h3-9,11,18-19,21-22,35H,10,12H2,1-2H3/t18-,19+,21-,22+,28+,29-/m0/s1. The number of allylic oxidation sites excluding steroid dienone is 2. The summed E-state index contributed by atoms with van der Waals surface area (Å²) in [5.74, 6) is -8.21. The van der Waals surface area contributed by atoms with Gasteiger partial charge in [-0.15, -0.1) is 23.2 Å². The number of halogens is 3. The molecule has 10 nitrogen and oxygen atoms in total. The first-order chi connectivity index (χ1) is 19.9. The largest absolute Gasteiger partial charge is 0.508 e. The van der Waals surface area contributed by atoms with Gasteiger partial charge in [0, 0.05) is 17.5 Å². The van der Waals surface area contributed by atoms with E-state index < -0.39 is 69.0 Å². The Kier molecular flexibility index (Phi) is 6.39. The summed E-state index contributed by atoms with van der Waals surface area (Å²) < 4.78 is 23.6. The lowest BCUT2D eigenvalue weighted by Crippen LogP contribution is -2.60. The summed E-state index contributed by atoms with van der Waals surface area (Å²) in [6.07, 6.45) is 0.205. The molecule has 42 heavy (non-hydrogen) atoms. The third-order valence-electron chi connectivity index (χ3n) is 8.80. The van der Waals surface area contributed by atoms with Gasteiger partial charge in [0.2, 0.25) is 11.8 Å². The van der Waals surface area contributed by atoms with Gasteiger partial charge >= 0.3 is 6.09 Å². The van der Waals surface area contributed by atoms with Crippen molar-refractivity contribution in [2.45, 2.75) is 28.5 Å². The number of hydrogen-bond acceptors (Lipinski definition) is 8. The van der Waals surface area contributed by atoms with E-state index in [0.717, 1.165) is 24.1 Å². The second-order valence-electron chi connectivity index (χ2n) is 10.7. The predicted octanol–water partition coefficient (Wildman–Crippen LogP) is 3.87. The minimum atomic E-state index is -2.21. The summed E-state index contributed by atoms with van der Waals surface area (Å²) in [5.41, 5.74) is 0.573. The molecule has 6 rings (SSSR count). The van der Waals surface area contributed by atoms with E-state index in [9.17, 15) is 33.5 Å². The SMILES string of the molecule is COC(=O)N1C(=O)[C@H]2[C@H](CC=C3[C@H]2C[C@@]2(Cl)C(=O)N(c4ccc(F)cc4)C(=O)[C@@]2(Cl)[C@H]3c2ccc(OC)cc2O)C1=O. The molecule has 2 aromatic carbocycles. The minimum Gasteiger partial charge on any atom is -0.508 e. The average Bonchev–Trinajstić information content (AvgIpc) is 3.31. The summed E-state index contributed by atoms with van der Waals surface area (Å²) >= 11 is 14.4. The number of rotatable bonds is 3. The van der Waals surface area contributed by atoms with Crippen molar-refractivity contribution in [3.8, 4) is 11.5 Å². The first-order valence-electron chi connectivity index (χ1n) is 13.0. The quantitative estimate of drug-likeness (QED) is 0.312. The smallest absolute Gasteiger partial charge is 0.423 e. The monoisotopic (exact) mass is 616 g/mol. The van der Waals surface area contributed by atoms with Crippen LogP contribution < -0.4 is 9.64 Å². The van der Waals surface area contributed by atoms with E-state index in [1.165, 1.54) is 37.4 Å². The van der Waals surface area contributed by atoms with Gasteiger partial charge in [0.15, 0.2) is 9.75 Å². The van der Waals surface area contributed by atoms with Crippen LogP contribution in [0.2, 0.25) is 0 Å². The van der Waals surface area contributed by atoms with Crippen molar-refractivity contribution in [3.63, 3.8) is 0 Å². The molecular formula is C29H23Cl2FN2O8. The lowest BCUT2D eigenvalue weighted by atomic mass is 9.56. The summed E-state index contributed by atoms with van der Waals surface area (Å²) in [6, 6.07) is 8.94. The number of alkyl halides is 2. The number of nitrogens with zero attached hydrogens (tertiary/aromatic N) is 2. The van der Waals surface area contributed by atoms with E-state index in [-0.39, 0.29) is 29.8 Å². The molecule has 2 aliphatic heterocycles. The van der Waals surface area contributed by atoms with Crippen molar-refractivity contribution in [1.29, 1.82) is 0 Å². The summed E-state index contributed by atoms with van der Waals surface area (Å²) in [6.45, 7) is 0. The number of carbonyl (C=O) groups is 5. The molecule has 218 valence electrons. The molecule has 2 aromatic rings. The van der Waals surface area contributed by atoms with Crippen molar-refractivity contribution >= 4 is 58.6 Å².